The Bertz CT molecular complexity index is 535. The number of hydrogen-bond donors (Lipinski definition) is 1. The molecule has 4 saturated carbocycles. The van der Waals surface area contributed by atoms with Crippen LogP contribution in [0.25, 0.3) is 0 Å². The molecular weight excluding hydrogens is 276 g/mol. The molecule has 7 fully saturated rings. The molecule has 0 aromatic carbocycles. The maximum Gasteiger partial charge on any atom is 0.180 e. The van der Waals surface area contributed by atoms with Crippen LogP contribution in [0, 0.1) is 23.2 Å². The van der Waals surface area contributed by atoms with E-state index in [9.17, 15) is 5.11 Å². The second-order valence-corrected chi connectivity index (χ2v) is 9.24. The van der Waals surface area contributed by atoms with E-state index in [-0.39, 0.29) is 11.0 Å². The minimum atomic E-state index is -0.868. The third-order valence-electron chi connectivity index (χ3n) is 8.78. The molecule has 5 bridgehead atoms. The second kappa shape index (κ2) is 3.75. The SMILES string of the molecule is O[C@@]12O[C@@]34CCCCC3CC13CCC2CC1CCCC[C@]13O4. The highest BCUT2D eigenvalue weighted by Crippen LogP contribution is 2.78. The maximum absolute atomic E-state index is 11.7. The van der Waals surface area contributed by atoms with Gasteiger partial charge in [0.25, 0.3) is 0 Å². The van der Waals surface area contributed by atoms with Gasteiger partial charge in [-0.05, 0) is 57.3 Å². The van der Waals surface area contributed by atoms with Gasteiger partial charge in [-0.2, -0.15) is 0 Å². The van der Waals surface area contributed by atoms with E-state index in [2.05, 4.69) is 0 Å². The lowest BCUT2D eigenvalue weighted by Crippen LogP contribution is -2.82. The van der Waals surface area contributed by atoms with Crippen molar-refractivity contribution in [2.24, 2.45) is 23.2 Å². The van der Waals surface area contributed by atoms with Crippen molar-refractivity contribution in [2.75, 3.05) is 0 Å². The molecule has 3 heteroatoms. The molecule has 7 atom stereocenters. The number of ether oxygens (including phenoxy) is 2. The van der Waals surface area contributed by atoms with Crippen molar-refractivity contribution in [3.05, 3.63) is 0 Å². The molecule has 3 aliphatic heterocycles. The Labute approximate surface area is 132 Å². The van der Waals surface area contributed by atoms with Gasteiger partial charge in [0.15, 0.2) is 11.6 Å². The third kappa shape index (κ3) is 1.14. The van der Waals surface area contributed by atoms with E-state index in [0.29, 0.717) is 17.8 Å². The average molecular weight is 304 g/mol. The first kappa shape index (κ1) is 13.2. The van der Waals surface area contributed by atoms with Gasteiger partial charge in [0.05, 0.1) is 11.0 Å². The van der Waals surface area contributed by atoms with Crippen LogP contribution in [0.5, 0.6) is 0 Å². The molecule has 22 heavy (non-hydrogen) atoms. The first-order valence-corrected chi connectivity index (χ1v) is 9.77. The first-order valence-electron chi connectivity index (χ1n) is 9.77. The van der Waals surface area contributed by atoms with E-state index in [1.165, 1.54) is 51.4 Å². The molecule has 3 spiro atoms. The summed E-state index contributed by atoms with van der Waals surface area (Å²) in [6, 6.07) is 0. The zero-order valence-corrected chi connectivity index (χ0v) is 13.5. The van der Waals surface area contributed by atoms with Crippen LogP contribution in [0.1, 0.15) is 77.0 Å². The highest BCUT2D eigenvalue weighted by molar-refractivity contribution is 5.27. The van der Waals surface area contributed by atoms with E-state index in [1.807, 2.05) is 0 Å². The Hall–Kier alpha value is -0.120. The molecule has 3 heterocycles. The molecule has 7 aliphatic rings. The lowest BCUT2D eigenvalue weighted by atomic mass is 9.46. The van der Waals surface area contributed by atoms with E-state index in [4.69, 9.17) is 9.47 Å². The van der Waals surface area contributed by atoms with Crippen LogP contribution < -0.4 is 0 Å². The largest absolute Gasteiger partial charge is 0.365 e. The van der Waals surface area contributed by atoms with Crippen LogP contribution in [0.15, 0.2) is 0 Å². The van der Waals surface area contributed by atoms with Crippen molar-refractivity contribution in [3.8, 4) is 0 Å². The van der Waals surface area contributed by atoms with E-state index < -0.39 is 11.6 Å². The second-order valence-electron chi connectivity index (χ2n) is 9.24. The Kier molecular flexibility index (Phi) is 2.25. The molecule has 0 amide bonds. The normalized spacial score (nSPS) is 65.0. The predicted octanol–water partition coefficient (Wildman–Crippen LogP) is 3.74. The van der Waals surface area contributed by atoms with Crippen molar-refractivity contribution in [1.29, 1.82) is 0 Å². The summed E-state index contributed by atoms with van der Waals surface area (Å²) in [5, 5.41) is 11.7. The average Bonchev–Trinajstić information content (AvgIpc) is 2.70. The monoisotopic (exact) mass is 304 g/mol. The Balaban J connectivity index is 1.58. The Morgan fingerprint density at radius 2 is 1.59 bits per heavy atom. The standard InChI is InChI=1S/C19H28O3/c20-19-14-7-10-16(19)12-15-6-2-4-9-18(15,22-19)21-17(16)8-3-1-5-13(17)11-14/h13-15,20H,1-12H2/t13?,14?,15?,16?,17-,18-,19-/m0/s1. The molecule has 122 valence electrons. The van der Waals surface area contributed by atoms with Crippen molar-refractivity contribution in [2.45, 2.75) is 94.2 Å². The summed E-state index contributed by atoms with van der Waals surface area (Å²) in [4.78, 5) is 0. The third-order valence-corrected chi connectivity index (χ3v) is 8.78. The van der Waals surface area contributed by atoms with Gasteiger partial charge in [-0.15, -0.1) is 0 Å². The van der Waals surface area contributed by atoms with Gasteiger partial charge < -0.3 is 14.6 Å². The lowest BCUT2D eigenvalue weighted by molar-refractivity contribution is -0.548. The molecular formula is C19H28O3. The van der Waals surface area contributed by atoms with E-state index >= 15 is 0 Å². The molecule has 4 unspecified atom stereocenters. The first-order chi connectivity index (χ1) is 10.6. The number of aliphatic hydroxyl groups is 1. The van der Waals surface area contributed by atoms with Gasteiger partial charge in [0.1, 0.15) is 0 Å². The van der Waals surface area contributed by atoms with Gasteiger partial charge in [0, 0.05) is 18.3 Å². The topological polar surface area (TPSA) is 38.7 Å². The quantitative estimate of drug-likeness (QED) is 0.741. The van der Waals surface area contributed by atoms with Gasteiger partial charge >= 0.3 is 0 Å². The molecule has 7 rings (SSSR count). The van der Waals surface area contributed by atoms with Crippen molar-refractivity contribution in [1.82, 2.24) is 0 Å². The van der Waals surface area contributed by atoms with Crippen LogP contribution in [0.3, 0.4) is 0 Å². The molecule has 4 aliphatic carbocycles. The Morgan fingerprint density at radius 3 is 2.50 bits per heavy atom. The highest BCUT2D eigenvalue weighted by atomic mass is 16.8. The lowest BCUT2D eigenvalue weighted by Gasteiger charge is -2.75. The summed E-state index contributed by atoms with van der Waals surface area (Å²) in [5.41, 5.74) is -0.142. The fraction of sp³-hybridized carbons (Fsp3) is 1.00. The molecule has 1 N–H and O–H groups in total. The zero-order valence-electron chi connectivity index (χ0n) is 13.5. The minimum Gasteiger partial charge on any atom is -0.365 e. The van der Waals surface area contributed by atoms with Crippen LogP contribution in [-0.2, 0) is 9.47 Å². The summed E-state index contributed by atoms with van der Waals surface area (Å²) in [6.45, 7) is 0. The van der Waals surface area contributed by atoms with Crippen LogP contribution >= 0.6 is 0 Å². The maximum atomic E-state index is 11.7. The number of rotatable bonds is 0. The summed E-state index contributed by atoms with van der Waals surface area (Å²) >= 11 is 0. The van der Waals surface area contributed by atoms with Crippen LogP contribution in [-0.4, -0.2) is 22.3 Å². The van der Waals surface area contributed by atoms with Crippen molar-refractivity contribution in [3.63, 3.8) is 0 Å². The smallest absolute Gasteiger partial charge is 0.180 e. The minimum absolute atomic E-state index is 0.0565. The van der Waals surface area contributed by atoms with Gasteiger partial charge in [-0.1, -0.05) is 19.3 Å². The summed E-state index contributed by atoms with van der Waals surface area (Å²) in [5.74, 6) is 0.275. The zero-order chi connectivity index (χ0) is 14.6. The number of hydrogen-bond acceptors (Lipinski definition) is 3. The van der Waals surface area contributed by atoms with Crippen molar-refractivity contribution >= 4 is 0 Å². The summed E-state index contributed by atoms with van der Waals surface area (Å²) in [7, 11) is 0. The van der Waals surface area contributed by atoms with Gasteiger partial charge in [-0.3, -0.25) is 0 Å². The van der Waals surface area contributed by atoms with Gasteiger partial charge in [-0.25, -0.2) is 0 Å². The fourth-order valence-electron chi connectivity index (χ4n) is 8.04. The van der Waals surface area contributed by atoms with Crippen molar-refractivity contribution < 1.29 is 14.6 Å². The van der Waals surface area contributed by atoms with E-state index in [0.717, 1.165) is 25.7 Å². The van der Waals surface area contributed by atoms with E-state index in [1.54, 1.807) is 0 Å². The van der Waals surface area contributed by atoms with Gasteiger partial charge in [0.2, 0.25) is 0 Å². The molecule has 0 radical (unpaired) electrons. The molecule has 0 aromatic rings. The molecule has 0 aromatic heterocycles. The molecule has 3 nitrogen and oxygen atoms in total. The summed E-state index contributed by atoms with van der Waals surface area (Å²) in [6.07, 6.45) is 14.5. The predicted molar refractivity (Wildman–Crippen MR) is 80.9 cm³/mol. The van der Waals surface area contributed by atoms with Crippen LogP contribution in [0.4, 0.5) is 0 Å². The summed E-state index contributed by atoms with van der Waals surface area (Å²) < 4.78 is 13.6. The Morgan fingerprint density at radius 1 is 0.773 bits per heavy atom. The highest BCUT2D eigenvalue weighted by Gasteiger charge is 2.84. The van der Waals surface area contributed by atoms with Crippen LogP contribution in [0.2, 0.25) is 0 Å². The fourth-order valence-corrected chi connectivity index (χ4v) is 8.04. The molecule has 3 saturated heterocycles.